The van der Waals surface area contributed by atoms with Gasteiger partial charge < -0.3 is 19.7 Å². The predicted octanol–water partition coefficient (Wildman–Crippen LogP) is 3.54. The van der Waals surface area contributed by atoms with Crippen molar-refractivity contribution in [2.75, 3.05) is 53.3 Å². The number of halogens is 2. The minimum atomic E-state index is -0.316. The van der Waals surface area contributed by atoms with Crippen LogP contribution in [0.4, 0.5) is 5.95 Å². The van der Waals surface area contributed by atoms with Crippen molar-refractivity contribution >= 4 is 46.1 Å². The van der Waals surface area contributed by atoms with Gasteiger partial charge in [-0.2, -0.15) is 4.98 Å². The number of nitrogens with one attached hydrogen (secondary N) is 1. The summed E-state index contributed by atoms with van der Waals surface area (Å²) in [6.45, 7) is 3.99. The van der Waals surface area contributed by atoms with E-state index in [4.69, 9.17) is 32.7 Å². The zero-order chi connectivity index (χ0) is 27.6. The Labute approximate surface area is 230 Å². The van der Waals surface area contributed by atoms with E-state index in [9.17, 15) is 9.59 Å². The average molecular weight is 561 g/mol. The Morgan fingerprint density at radius 1 is 1.21 bits per heavy atom. The van der Waals surface area contributed by atoms with Crippen molar-refractivity contribution in [3.05, 3.63) is 50.9 Å². The first kappa shape index (κ1) is 27.7. The molecule has 1 aliphatic rings. The molecule has 0 aliphatic carbocycles. The number of benzene rings is 1. The first-order valence-electron chi connectivity index (χ1n) is 12.0. The number of anilines is 1. The summed E-state index contributed by atoms with van der Waals surface area (Å²) in [6.07, 6.45) is 4.95. The number of pyridine rings is 1. The quantitative estimate of drug-likeness (QED) is 0.396. The van der Waals surface area contributed by atoms with Crippen LogP contribution in [0.3, 0.4) is 0 Å². The highest BCUT2D eigenvalue weighted by Crippen LogP contribution is 2.45. The lowest BCUT2D eigenvalue weighted by Crippen LogP contribution is -2.60. The van der Waals surface area contributed by atoms with Crippen LogP contribution < -0.4 is 20.3 Å². The average Bonchev–Trinajstić information content (AvgIpc) is 2.87. The fraction of sp³-hybridized carbons (Fsp3) is 0.385. The Balaban J connectivity index is 1.75. The van der Waals surface area contributed by atoms with Crippen molar-refractivity contribution in [2.24, 2.45) is 0 Å². The number of rotatable bonds is 9. The Morgan fingerprint density at radius 3 is 2.45 bits per heavy atom. The summed E-state index contributed by atoms with van der Waals surface area (Å²) in [5.41, 5.74) is 0.754. The number of amides is 1. The van der Waals surface area contributed by atoms with Gasteiger partial charge in [0, 0.05) is 62.5 Å². The van der Waals surface area contributed by atoms with Crippen molar-refractivity contribution in [2.45, 2.75) is 19.5 Å². The molecular weight excluding hydrogens is 531 g/mol. The topological polar surface area (TPSA) is 102 Å². The lowest BCUT2D eigenvalue weighted by atomic mass is 10.0. The number of fused-ring (bicyclic) bond motifs is 1. The second-order valence-electron chi connectivity index (χ2n) is 8.90. The van der Waals surface area contributed by atoms with Crippen LogP contribution in [0.2, 0.25) is 10.0 Å². The van der Waals surface area contributed by atoms with Gasteiger partial charge in [-0.15, -0.1) is 0 Å². The Hall–Kier alpha value is -3.34. The highest BCUT2D eigenvalue weighted by atomic mass is 35.5. The molecule has 0 atom stereocenters. The van der Waals surface area contributed by atoms with E-state index in [2.05, 4.69) is 20.2 Å². The zero-order valence-corrected chi connectivity index (χ0v) is 23.4. The van der Waals surface area contributed by atoms with Gasteiger partial charge in [0.25, 0.3) is 5.56 Å². The number of methoxy groups -OCH3 is 2. The fourth-order valence-corrected chi connectivity index (χ4v) is 5.09. The number of aromatic nitrogens is 3. The van der Waals surface area contributed by atoms with Crippen molar-refractivity contribution in [3.63, 3.8) is 0 Å². The van der Waals surface area contributed by atoms with Crippen LogP contribution in [0, 0.1) is 0 Å². The number of hydrogen-bond acceptors (Lipinski definition) is 8. The normalized spacial score (nSPS) is 13.8. The predicted molar refractivity (Wildman–Crippen MR) is 150 cm³/mol. The van der Waals surface area contributed by atoms with Gasteiger partial charge in [-0.3, -0.25) is 19.1 Å². The van der Waals surface area contributed by atoms with Gasteiger partial charge in [-0.05, 0) is 26.1 Å². The molecule has 12 heteroatoms. The SMILES string of the molecule is CC=CC(=O)N1CC(N(C)CCn2c(=O)c(-c3c(Cl)c(OC)cc(OC)c3Cl)cc3cnc(NC)nc32)C1. The van der Waals surface area contributed by atoms with Gasteiger partial charge in [-0.25, -0.2) is 4.98 Å². The fourth-order valence-electron chi connectivity index (χ4n) is 4.39. The minimum absolute atomic E-state index is 0.00540. The van der Waals surface area contributed by atoms with E-state index >= 15 is 0 Å². The summed E-state index contributed by atoms with van der Waals surface area (Å²) >= 11 is 13.3. The van der Waals surface area contributed by atoms with E-state index in [1.165, 1.54) is 14.2 Å². The summed E-state index contributed by atoms with van der Waals surface area (Å²) in [5.74, 6) is 1.06. The molecule has 4 rings (SSSR count). The van der Waals surface area contributed by atoms with Gasteiger partial charge in [0.05, 0.1) is 29.8 Å². The second kappa shape index (κ2) is 11.6. The molecule has 38 heavy (non-hydrogen) atoms. The molecule has 0 unspecified atom stereocenters. The molecule has 3 aromatic rings. The number of carbonyl (C=O) groups excluding carboxylic acids is 1. The van der Waals surface area contributed by atoms with Crippen molar-refractivity contribution in [3.8, 4) is 22.6 Å². The van der Waals surface area contributed by atoms with Crippen molar-refractivity contribution in [1.82, 2.24) is 24.3 Å². The number of hydrogen-bond donors (Lipinski definition) is 1. The smallest absolute Gasteiger partial charge is 0.260 e. The van der Waals surface area contributed by atoms with Crippen LogP contribution in [0.25, 0.3) is 22.2 Å². The summed E-state index contributed by atoms with van der Waals surface area (Å²) in [5, 5.41) is 3.96. The minimum Gasteiger partial charge on any atom is -0.495 e. The molecule has 2 aromatic heterocycles. The molecule has 1 aromatic carbocycles. The van der Waals surface area contributed by atoms with E-state index in [-0.39, 0.29) is 33.1 Å². The van der Waals surface area contributed by atoms with Crippen molar-refractivity contribution < 1.29 is 14.3 Å². The van der Waals surface area contributed by atoms with E-state index in [1.807, 2.05) is 14.0 Å². The Kier molecular flexibility index (Phi) is 8.44. The molecule has 202 valence electrons. The standard InChI is InChI=1S/C26H30Cl2N6O4/c1-6-7-20(35)33-13-16(14-33)32(3)8-9-34-24-15(12-30-26(29-2)31-24)10-17(25(34)36)21-22(27)18(37-4)11-19(38-5)23(21)28/h6-7,10-12,16H,8-9,13-14H2,1-5H3,(H,29,30,31). The molecule has 0 saturated carbocycles. The number of ether oxygens (including phenoxy) is 2. The van der Waals surface area contributed by atoms with Crippen LogP contribution in [0.15, 0.2) is 35.3 Å². The van der Waals surface area contributed by atoms with E-state index in [0.717, 1.165) is 0 Å². The molecule has 1 fully saturated rings. The molecule has 0 radical (unpaired) electrons. The molecular formula is C26H30Cl2N6O4. The summed E-state index contributed by atoms with van der Waals surface area (Å²) in [4.78, 5) is 38.8. The molecule has 3 heterocycles. The molecule has 10 nitrogen and oxygen atoms in total. The van der Waals surface area contributed by atoms with Crippen molar-refractivity contribution in [1.29, 1.82) is 0 Å². The Morgan fingerprint density at radius 2 is 1.87 bits per heavy atom. The van der Waals surface area contributed by atoms with Crippen LogP contribution in [0.1, 0.15) is 6.92 Å². The van der Waals surface area contributed by atoms with Crippen LogP contribution >= 0.6 is 23.2 Å². The summed E-state index contributed by atoms with van der Waals surface area (Å²) in [7, 11) is 6.65. The van der Waals surface area contributed by atoms with Gasteiger partial charge >= 0.3 is 0 Å². The summed E-state index contributed by atoms with van der Waals surface area (Å²) < 4.78 is 12.4. The van der Waals surface area contributed by atoms with E-state index < -0.39 is 0 Å². The molecule has 1 saturated heterocycles. The number of carbonyl (C=O) groups is 1. The maximum absolute atomic E-state index is 14.0. The highest BCUT2D eigenvalue weighted by molar-refractivity contribution is 6.41. The van der Waals surface area contributed by atoms with Crippen LogP contribution in [-0.2, 0) is 11.3 Å². The van der Waals surface area contributed by atoms with E-state index in [0.29, 0.717) is 60.2 Å². The third-order valence-corrected chi connectivity index (χ3v) is 7.43. The van der Waals surface area contributed by atoms with E-state index in [1.54, 1.807) is 47.0 Å². The Bertz CT molecular complexity index is 1420. The highest BCUT2D eigenvalue weighted by Gasteiger charge is 2.32. The molecule has 1 N–H and O–H groups in total. The third-order valence-electron chi connectivity index (χ3n) is 6.68. The number of likely N-dealkylation sites (N-methyl/N-ethyl adjacent to an activating group) is 1. The first-order valence-corrected chi connectivity index (χ1v) is 12.8. The van der Waals surface area contributed by atoms with Crippen LogP contribution in [0.5, 0.6) is 11.5 Å². The maximum atomic E-state index is 14.0. The maximum Gasteiger partial charge on any atom is 0.260 e. The summed E-state index contributed by atoms with van der Waals surface area (Å²) in [6, 6.07) is 3.46. The second-order valence-corrected chi connectivity index (χ2v) is 9.65. The van der Waals surface area contributed by atoms with Gasteiger partial charge in [-0.1, -0.05) is 29.3 Å². The third kappa shape index (κ3) is 5.16. The molecule has 1 aliphatic heterocycles. The monoisotopic (exact) mass is 560 g/mol. The van der Waals surface area contributed by atoms with Gasteiger partial charge in [0.15, 0.2) is 0 Å². The first-order chi connectivity index (χ1) is 18.2. The number of nitrogens with zero attached hydrogens (tertiary/aromatic N) is 5. The van der Waals surface area contributed by atoms with Crippen LogP contribution in [-0.4, -0.2) is 84.2 Å². The molecule has 0 spiro atoms. The van der Waals surface area contributed by atoms with Gasteiger partial charge in [0.2, 0.25) is 11.9 Å². The largest absolute Gasteiger partial charge is 0.495 e. The zero-order valence-electron chi connectivity index (χ0n) is 21.9. The number of likely N-dealkylation sites (tertiary alicyclic amines) is 1. The molecule has 0 bridgehead atoms. The molecule has 1 amide bonds. The number of allylic oxidation sites excluding steroid dienone is 1. The van der Waals surface area contributed by atoms with Gasteiger partial charge in [0.1, 0.15) is 17.1 Å². The lowest BCUT2D eigenvalue weighted by Gasteiger charge is -2.43. The lowest BCUT2D eigenvalue weighted by molar-refractivity contribution is -0.132.